The van der Waals surface area contributed by atoms with E-state index in [9.17, 15) is 5.11 Å². The lowest BCUT2D eigenvalue weighted by atomic mass is 10.0. The van der Waals surface area contributed by atoms with Crippen LogP contribution in [0.4, 0.5) is 0 Å². The normalized spacial score (nSPS) is 15.4. The fraction of sp³-hybridized carbons (Fsp3) is 0.231. The van der Waals surface area contributed by atoms with Crippen molar-refractivity contribution in [2.45, 2.75) is 12.5 Å². The third-order valence-electron chi connectivity index (χ3n) is 2.93. The number of rotatable bonds is 2. The Balaban J connectivity index is 2.09. The lowest BCUT2D eigenvalue weighted by Gasteiger charge is -2.13. The molecular weight excluding hydrogens is 284 g/mol. The summed E-state index contributed by atoms with van der Waals surface area (Å²) in [6.07, 6.45) is 3.28. The molecule has 0 saturated heterocycles. The van der Waals surface area contributed by atoms with E-state index in [4.69, 9.17) is 9.15 Å². The molecule has 0 radical (unpaired) electrons. The van der Waals surface area contributed by atoms with Crippen LogP contribution in [0.25, 0.3) is 0 Å². The smallest absolute Gasteiger partial charge is 0.128 e. The average Bonchev–Trinajstić information content (AvgIpc) is 2.97. The van der Waals surface area contributed by atoms with Crippen LogP contribution in [0, 0.1) is 0 Å². The van der Waals surface area contributed by atoms with E-state index in [1.807, 2.05) is 12.1 Å². The third kappa shape index (κ3) is 1.87. The minimum absolute atomic E-state index is 0.677. The van der Waals surface area contributed by atoms with E-state index in [2.05, 4.69) is 15.9 Å². The molecule has 0 saturated carbocycles. The van der Waals surface area contributed by atoms with Gasteiger partial charge < -0.3 is 14.3 Å². The lowest BCUT2D eigenvalue weighted by molar-refractivity contribution is 0.212. The largest absolute Gasteiger partial charge is 0.493 e. The topological polar surface area (TPSA) is 42.6 Å². The predicted octanol–water partition coefficient (Wildman–Crippen LogP) is 3.06. The molecule has 0 amide bonds. The molecule has 1 N–H and O–H groups in total. The van der Waals surface area contributed by atoms with E-state index < -0.39 is 6.10 Å². The van der Waals surface area contributed by atoms with Crippen molar-refractivity contribution in [2.24, 2.45) is 0 Å². The molecular formula is C13H11BrO3. The number of fused-ring (bicyclic) bond motifs is 1. The van der Waals surface area contributed by atoms with Gasteiger partial charge in [-0.15, -0.1) is 0 Å². The molecule has 2 aromatic rings. The van der Waals surface area contributed by atoms with Crippen molar-refractivity contribution in [1.29, 1.82) is 0 Å². The molecule has 1 atom stereocenters. The number of benzene rings is 1. The van der Waals surface area contributed by atoms with Crippen molar-refractivity contribution in [1.82, 2.24) is 0 Å². The summed E-state index contributed by atoms with van der Waals surface area (Å²) < 4.78 is 11.5. The number of aliphatic hydroxyl groups excluding tert-OH is 1. The second-order valence-electron chi connectivity index (χ2n) is 4.04. The highest BCUT2D eigenvalue weighted by atomic mass is 79.9. The number of halogens is 1. The Morgan fingerprint density at radius 3 is 3.00 bits per heavy atom. The van der Waals surface area contributed by atoms with Crippen LogP contribution in [-0.2, 0) is 6.42 Å². The Bertz CT molecular complexity index is 534. The van der Waals surface area contributed by atoms with Crippen molar-refractivity contribution in [3.05, 3.63) is 51.9 Å². The summed E-state index contributed by atoms with van der Waals surface area (Å²) in [4.78, 5) is 0. The number of ether oxygens (including phenoxy) is 1. The molecule has 0 aliphatic carbocycles. The molecule has 1 unspecified atom stereocenters. The molecule has 0 fully saturated rings. The van der Waals surface area contributed by atoms with E-state index in [0.29, 0.717) is 6.61 Å². The van der Waals surface area contributed by atoms with Gasteiger partial charge in [0.05, 0.1) is 19.1 Å². The Morgan fingerprint density at radius 1 is 1.35 bits per heavy atom. The van der Waals surface area contributed by atoms with Crippen LogP contribution in [0.15, 0.2) is 39.6 Å². The summed E-state index contributed by atoms with van der Waals surface area (Å²) in [6.45, 7) is 0.677. The molecule has 3 rings (SSSR count). The van der Waals surface area contributed by atoms with Crippen molar-refractivity contribution >= 4 is 15.9 Å². The van der Waals surface area contributed by atoms with Gasteiger partial charge in [-0.2, -0.15) is 0 Å². The summed E-state index contributed by atoms with van der Waals surface area (Å²) in [5.74, 6) is 0.807. The van der Waals surface area contributed by atoms with Crippen LogP contribution in [0.1, 0.15) is 22.8 Å². The lowest BCUT2D eigenvalue weighted by Crippen LogP contribution is -2.01. The van der Waals surface area contributed by atoms with Gasteiger partial charge in [0.15, 0.2) is 0 Å². The number of aliphatic hydroxyl groups is 1. The SMILES string of the molecule is OC(c1ccoc1)c1cc(Br)cc2c1OCC2. The molecule has 4 heteroatoms. The summed E-state index contributed by atoms with van der Waals surface area (Å²) in [6, 6.07) is 5.68. The van der Waals surface area contributed by atoms with E-state index in [0.717, 1.165) is 33.3 Å². The molecule has 3 nitrogen and oxygen atoms in total. The van der Waals surface area contributed by atoms with Gasteiger partial charge >= 0.3 is 0 Å². The first kappa shape index (κ1) is 10.9. The minimum atomic E-state index is -0.710. The van der Waals surface area contributed by atoms with Crippen LogP contribution < -0.4 is 4.74 Å². The number of furan rings is 1. The van der Waals surface area contributed by atoms with Gasteiger partial charge in [-0.05, 0) is 23.8 Å². The molecule has 17 heavy (non-hydrogen) atoms. The first-order valence-corrected chi connectivity index (χ1v) is 6.20. The Hall–Kier alpha value is -1.26. The zero-order valence-electron chi connectivity index (χ0n) is 9.02. The predicted molar refractivity (Wildman–Crippen MR) is 66.1 cm³/mol. The molecule has 0 bridgehead atoms. The molecule has 1 aromatic heterocycles. The molecule has 2 heterocycles. The van der Waals surface area contributed by atoms with Crippen LogP contribution in [-0.4, -0.2) is 11.7 Å². The Labute approximate surface area is 107 Å². The molecule has 1 aromatic carbocycles. The van der Waals surface area contributed by atoms with E-state index in [1.54, 1.807) is 18.6 Å². The molecule has 88 valence electrons. The number of hydrogen-bond donors (Lipinski definition) is 1. The molecule has 0 spiro atoms. The highest BCUT2D eigenvalue weighted by molar-refractivity contribution is 9.10. The Kier molecular flexibility index (Phi) is 2.68. The van der Waals surface area contributed by atoms with Crippen molar-refractivity contribution < 1.29 is 14.3 Å². The summed E-state index contributed by atoms with van der Waals surface area (Å²) in [5.41, 5.74) is 2.66. The van der Waals surface area contributed by atoms with Gasteiger partial charge in [0, 0.05) is 22.0 Å². The third-order valence-corrected chi connectivity index (χ3v) is 3.39. The second-order valence-corrected chi connectivity index (χ2v) is 4.96. The van der Waals surface area contributed by atoms with Gasteiger partial charge in [0.2, 0.25) is 0 Å². The van der Waals surface area contributed by atoms with Crippen LogP contribution in [0.5, 0.6) is 5.75 Å². The van der Waals surface area contributed by atoms with Gasteiger partial charge in [-0.3, -0.25) is 0 Å². The minimum Gasteiger partial charge on any atom is -0.493 e. The maximum absolute atomic E-state index is 10.3. The molecule has 1 aliphatic rings. The first-order valence-electron chi connectivity index (χ1n) is 5.41. The average molecular weight is 295 g/mol. The maximum Gasteiger partial charge on any atom is 0.128 e. The molecule has 1 aliphatic heterocycles. The summed E-state index contributed by atoms with van der Waals surface area (Å²) >= 11 is 3.46. The van der Waals surface area contributed by atoms with E-state index >= 15 is 0 Å². The fourth-order valence-electron chi connectivity index (χ4n) is 2.11. The quantitative estimate of drug-likeness (QED) is 0.926. The zero-order chi connectivity index (χ0) is 11.8. The highest BCUT2D eigenvalue weighted by Crippen LogP contribution is 2.38. The Morgan fingerprint density at radius 2 is 2.24 bits per heavy atom. The van der Waals surface area contributed by atoms with Crippen molar-refractivity contribution in [3.8, 4) is 5.75 Å². The summed E-state index contributed by atoms with van der Waals surface area (Å²) in [7, 11) is 0. The van der Waals surface area contributed by atoms with Crippen LogP contribution in [0.2, 0.25) is 0 Å². The standard InChI is InChI=1S/C13H11BrO3/c14-10-5-8-2-4-17-13(8)11(6-10)12(15)9-1-3-16-7-9/h1,3,5-7,12,15H,2,4H2. The van der Waals surface area contributed by atoms with Gasteiger partial charge in [-0.1, -0.05) is 15.9 Å². The van der Waals surface area contributed by atoms with E-state index in [-0.39, 0.29) is 0 Å². The summed E-state index contributed by atoms with van der Waals surface area (Å²) in [5, 5.41) is 10.3. The van der Waals surface area contributed by atoms with Gasteiger partial charge in [0.1, 0.15) is 11.9 Å². The van der Waals surface area contributed by atoms with Crippen molar-refractivity contribution in [2.75, 3.05) is 6.61 Å². The van der Waals surface area contributed by atoms with Crippen molar-refractivity contribution in [3.63, 3.8) is 0 Å². The monoisotopic (exact) mass is 294 g/mol. The van der Waals surface area contributed by atoms with E-state index in [1.165, 1.54) is 0 Å². The van der Waals surface area contributed by atoms with Crippen LogP contribution >= 0.6 is 15.9 Å². The highest BCUT2D eigenvalue weighted by Gasteiger charge is 2.23. The number of hydrogen-bond acceptors (Lipinski definition) is 3. The van der Waals surface area contributed by atoms with Gasteiger partial charge in [-0.25, -0.2) is 0 Å². The van der Waals surface area contributed by atoms with Gasteiger partial charge in [0.25, 0.3) is 0 Å². The zero-order valence-corrected chi connectivity index (χ0v) is 10.6. The first-order chi connectivity index (χ1) is 8.25. The fourth-order valence-corrected chi connectivity index (χ4v) is 2.63. The second kappa shape index (κ2) is 4.20. The van der Waals surface area contributed by atoms with Crippen LogP contribution in [0.3, 0.4) is 0 Å². The maximum atomic E-state index is 10.3.